The van der Waals surface area contributed by atoms with Crippen LogP contribution in [-0.4, -0.2) is 19.4 Å². The molecule has 1 heterocycles. The van der Waals surface area contributed by atoms with Gasteiger partial charge < -0.3 is 10.0 Å². The molecule has 1 aromatic carbocycles. The Kier molecular flexibility index (Phi) is 6.76. The van der Waals surface area contributed by atoms with E-state index in [1.807, 2.05) is 0 Å². The van der Waals surface area contributed by atoms with Crippen LogP contribution >= 0.6 is 0 Å². The summed E-state index contributed by atoms with van der Waals surface area (Å²) in [4.78, 5) is 16.2. The molecule has 2 aliphatic rings. The molecule has 0 unspecified atom stereocenters. The van der Waals surface area contributed by atoms with Crippen molar-refractivity contribution in [1.82, 2.24) is 4.98 Å². The molecule has 2 amide bonds. The zero-order chi connectivity index (χ0) is 18.1. The Morgan fingerprint density at radius 2 is 1.78 bits per heavy atom. The average molecular weight is 410 g/mol. The molecule has 2 aromatic rings. The SMILES string of the molecule is O=C([N-]S(=O)(=O)Cc1cccnc1)Nc1c2c(cc3c1CCC3)CCC2.[K+]. The number of carbonyl (C=O) groups excluding carboxylic acids is 1. The monoisotopic (exact) mass is 409 g/mol. The Hall–Kier alpha value is -0.774. The first-order valence-corrected chi connectivity index (χ1v) is 10.4. The van der Waals surface area contributed by atoms with Gasteiger partial charge in [0, 0.05) is 12.4 Å². The van der Waals surface area contributed by atoms with Gasteiger partial charge in [-0.05, 0) is 78.1 Å². The number of aromatic nitrogens is 1. The number of anilines is 1. The van der Waals surface area contributed by atoms with E-state index in [1.54, 1.807) is 18.3 Å². The maximum Gasteiger partial charge on any atom is 1.00 e. The number of fused-ring (bicyclic) bond motifs is 2. The number of benzene rings is 1. The summed E-state index contributed by atoms with van der Waals surface area (Å²) in [7, 11) is -3.91. The van der Waals surface area contributed by atoms with Crippen molar-refractivity contribution in [1.29, 1.82) is 0 Å². The van der Waals surface area contributed by atoms with E-state index in [2.05, 4.69) is 21.1 Å². The summed E-state index contributed by atoms with van der Waals surface area (Å²) in [6.07, 6.45) is 9.03. The molecule has 136 valence electrons. The van der Waals surface area contributed by atoms with Crippen molar-refractivity contribution >= 4 is 21.7 Å². The summed E-state index contributed by atoms with van der Waals surface area (Å²) in [6, 6.07) is 4.75. The van der Waals surface area contributed by atoms with Gasteiger partial charge in [0.25, 0.3) is 0 Å². The minimum atomic E-state index is -3.91. The number of nitrogens with one attached hydrogen (secondary N) is 1. The van der Waals surface area contributed by atoms with Crippen molar-refractivity contribution in [2.75, 3.05) is 5.32 Å². The molecule has 6 nitrogen and oxygen atoms in total. The number of amides is 2. The van der Waals surface area contributed by atoms with Crippen LogP contribution in [0.2, 0.25) is 0 Å². The molecule has 4 rings (SSSR count). The summed E-state index contributed by atoms with van der Waals surface area (Å²) >= 11 is 0. The van der Waals surface area contributed by atoms with Crippen LogP contribution < -0.4 is 56.7 Å². The molecule has 0 saturated heterocycles. The second kappa shape index (κ2) is 8.71. The van der Waals surface area contributed by atoms with Crippen LogP contribution in [0.4, 0.5) is 10.5 Å². The Morgan fingerprint density at radius 3 is 2.37 bits per heavy atom. The average Bonchev–Trinajstić information content (AvgIpc) is 3.23. The topological polar surface area (TPSA) is 90.2 Å². The molecule has 0 radical (unpaired) electrons. The van der Waals surface area contributed by atoms with E-state index in [4.69, 9.17) is 0 Å². The largest absolute Gasteiger partial charge is 1.00 e. The number of pyridine rings is 1. The number of carbonyl (C=O) groups is 1. The van der Waals surface area contributed by atoms with Gasteiger partial charge in [-0.2, -0.15) is 0 Å². The fraction of sp³-hybridized carbons (Fsp3) is 0.368. The summed E-state index contributed by atoms with van der Waals surface area (Å²) < 4.78 is 27.9. The molecular formula is C19H20KN3O3S. The second-order valence-corrected chi connectivity index (χ2v) is 8.48. The van der Waals surface area contributed by atoms with Gasteiger partial charge >= 0.3 is 51.4 Å². The van der Waals surface area contributed by atoms with E-state index in [-0.39, 0.29) is 57.1 Å². The van der Waals surface area contributed by atoms with E-state index >= 15 is 0 Å². The van der Waals surface area contributed by atoms with Gasteiger partial charge in [0.05, 0.1) is 5.75 Å². The molecule has 1 N–H and O–H groups in total. The van der Waals surface area contributed by atoms with E-state index in [0.29, 0.717) is 5.56 Å². The van der Waals surface area contributed by atoms with Crippen LogP contribution in [0.25, 0.3) is 4.72 Å². The zero-order valence-electron chi connectivity index (χ0n) is 15.4. The van der Waals surface area contributed by atoms with Crippen molar-refractivity contribution < 1.29 is 64.6 Å². The van der Waals surface area contributed by atoms with Gasteiger partial charge in [0.2, 0.25) is 0 Å². The third kappa shape index (κ3) is 4.80. The van der Waals surface area contributed by atoms with Crippen molar-refractivity contribution in [2.24, 2.45) is 0 Å². The van der Waals surface area contributed by atoms with E-state index in [9.17, 15) is 13.2 Å². The normalized spacial score (nSPS) is 14.8. The minimum Gasteiger partial charge on any atom is -0.423 e. The van der Waals surface area contributed by atoms with Crippen LogP contribution in [0.1, 0.15) is 40.7 Å². The third-order valence-electron chi connectivity index (χ3n) is 5.00. The molecule has 1 aromatic heterocycles. The first-order chi connectivity index (χ1) is 12.5. The number of rotatable bonds is 4. The number of aryl methyl sites for hydroxylation is 2. The number of hydrogen-bond acceptors (Lipinski definition) is 4. The zero-order valence-corrected chi connectivity index (χ0v) is 19.3. The van der Waals surface area contributed by atoms with Gasteiger partial charge in [-0.3, -0.25) is 9.78 Å². The maximum atomic E-state index is 12.3. The van der Waals surface area contributed by atoms with Crippen LogP contribution in [0, 0.1) is 0 Å². The van der Waals surface area contributed by atoms with Gasteiger partial charge in [-0.1, -0.05) is 12.1 Å². The molecule has 0 spiro atoms. The predicted molar refractivity (Wildman–Crippen MR) is 99.7 cm³/mol. The first kappa shape index (κ1) is 20.9. The Bertz CT molecular complexity index is 930. The van der Waals surface area contributed by atoms with Gasteiger partial charge in [0.15, 0.2) is 16.1 Å². The molecule has 0 fully saturated rings. The molecule has 0 saturated carbocycles. The fourth-order valence-corrected chi connectivity index (χ4v) is 4.90. The van der Waals surface area contributed by atoms with E-state index in [1.165, 1.54) is 17.3 Å². The smallest absolute Gasteiger partial charge is 0.423 e. The molecule has 0 atom stereocenters. The number of sulfonamides is 1. The summed E-state index contributed by atoms with van der Waals surface area (Å²) in [5.41, 5.74) is 6.17. The molecule has 8 heteroatoms. The van der Waals surface area contributed by atoms with E-state index < -0.39 is 16.1 Å². The first-order valence-electron chi connectivity index (χ1n) is 8.84. The Morgan fingerprint density at radius 1 is 1.11 bits per heavy atom. The second-order valence-electron chi connectivity index (χ2n) is 6.84. The van der Waals surface area contributed by atoms with Crippen LogP contribution in [0.5, 0.6) is 0 Å². The number of urea groups is 1. The molecule has 27 heavy (non-hydrogen) atoms. The number of hydrogen-bond donors (Lipinski definition) is 1. The van der Waals surface area contributed by atoms with Crippen molar-refractivity contribution in [3.05, 3.63) is 63.1 Å². The summed E-state index contributed by atoms with van der Waals surface area (Å²) in [6.45, 7) is 0. The van der Waals surface area contributed by atoms with E-state index in [0.717, 1.165) is 55.3 Å². The van der Waals surface area contributed by atoms with Crippen LogP contribution in [-0.2, 0) is 41.5 Å². The summed E-state index contributed by atoms with van der Waals surface area (Å²) in [5, 5.41) is 2.78. The Labute approximate surface area is 202 Å². The van der Waals surface area contributed by atoms with Crippen molar-refractivity contribution in [3.8, 4) is 0 Å². The van der Waals surface area contributed by atoms with Gasteiger partial charge in [-0.15, -0.1) is 0 Å². The minimum absolute atomic E-state index is 0. The van der Waals surface area contributed by atoms with Crippen LogP contribution in [0.3, 0.4) is 0 Å². The summed E-state index contributed by atoms with van der Waals surface area (Å²) in [5.74, 6) is -0.334. The van der Waals surface area contributed by atoms with Gasteiger partial charge in [0.1, 0.15) is 0 Å². The fourth-order valence-electron chi connectivity index (χ4n) is 3.95. The van der Waals surface area contributed by atoms with Crippen LogP contribution in [0.15, 0.2) is 30.6 Å². The molecule has 2 aliphatic carbocycles. The molecule has 0 aliphatic heterocycles. The number of nitrogens with zero attached hydrogens (tertiary/aromatic N) is 2. The van der Waals surface area contributed by atoms with Crippen molar-refractivity contribution in [2.45, 2.75) is 44.3 Å². The van der Waals surface area contributed by atoms with Gasteiger partial charge in [-0.25, -0.2) is 8.42 Å². The standard InChI is InChI=1S/C19H21N3O3S.K/c23-19(22-26(24,25)12-13-4-3-9-20-11-13)21-18-16-7-1-5-14(16)10-15-6-2-8-17(15)18;/h3-4,9-11H,1-2,5-8,12H2,(H2,21,22,23);/q;+1/p-1. The third-order valence-corrected chi connectivity index (χ3v) is 6.14. The predicted octanol–water partition coefficient (Wildman–Crippen LogP) is 0.499. The Balaban J connectivity index is 0.00000210. The molecular weight excluding hydrogens is 389 g/mol. The molecule has 0 bridgehead atoms. The van der Waals surface area contributed by atoms with Crippen molar-refractivity contribution in [3.63, 3.8) is 0 Å². The quantitative estimate of drug-likeness (QED) is 0.745. The maximum absolute atomic E-state index is 12.3.